The first-order valence-corrected chi connectivity index (χ1v) is 9.17. The van der Waals surface area contributed by atoms with Crippen molar-refractivity contribution in [1.29, 1.82) is 0 Å². The topological polar surface area (TPSA) is 49.4 Å². The van der Waals surface area contributed by atoms with Gasteiger partial charge in [0.25, 0.3) is 5.91 Å². The van der Waals surface area contributed by atoms with Crippen molar-refractivity contribution in [2.24, 2.45) is 0 Å². The molecule has 1 N–H and O–H groups in total. The van der Waals surface area contributed by atoms with E-state index in [1.165, 1.54) is 11.8 Å². The summed E-state index contributed by atoms with van der Waals surface area (Å²) in [6, 6.07) is 13.6. The fourth-order valence-corrected chi connectivity index (χ4v) is 4.18. The molecule has 0 bridgehead atoms. The van der Waals surface area contributed by atoms with E-state index in [2.05, 4.69) is 5.32 Å². The largest absolute Gasteiger partial charge is 0.324 e. The number of para-hydroxylation sites is 1. The van der Waals surface area contributed by atoms with E-state index in [4.69, 9.17) is 0 Å². The summed E-state index contributed by atoms with van der Waals surface area (Å²) in [4.78, 5) is 28.8. The number of carbonyl (C=O) groups excluding carboxylic acids is 2. The van der Waals surface area contributed by atoms with Gasteiger partial charge in [0, 0.05) is 17.1 Å². The van der Waals surface area contributed by atoms with Crippen LogP contribution in [0.2, 0.25) is 0 Å². The highest BCUT2D eigenvalue weighted by molar-refractivity contribution is 8.02. The zero-order chi connectivity index (χ0) is 18.2. The standard InChI is InChI=1S/C20H22N2O2S/c1-5-22-16-8-6-7-9-17(16)25-20(4,19(22)24)18(23)21-15-12-13(2)10-11-14(15)3/h6-12H,5H2,1-4H3,(H,21,23). The van der Waals surface area contributed by atoms with Crippen molar-refractivity contribution >= 4 is 35.0 Å². The molecule has 3 rings (SSSR count). The molecule has 0 spiro atoms. The van der Waals surface area contributed by atoms with Crippen molar-refractivity contribution in [3.63, 3.8) is 0 Å². The molecule has 0 aromatic heterocycles. The van der Waals surface area contributed by atoms with Crippen molar-refractivity contribution < 1.29 is 9.59 Å². The number of aryl methyl sites for hydroxylation is 2. The maximum absolute atomic E-state index is 13.1. The van der Waals surface area contributed by atoms with Crippen LogP contribution in [0, 0.1) is 13.8 Å². The Labute approximate surface area is 152 Å². The number of anilines is 2. The number of nitrogens with one attached hydrogen (secondary N) is 1. The highest BCUT2D eigenvalue weighted by atomic mass is 32.2. The minimum absolute atomic E-state index is 0.179. The van der Waals surface area contributed by atoms with E-state index in [0.29, 0.717) is 6.54 Å². The molecule has 1 aliphatic heterocycles. The SMILES string of the molecule is CCN1C(=O)C(C)(C(=O)Nc2cc(C)ccc2C)Sc2ccccc21. The lowest BCUT2D eigenvalue weighted by Gasteiger charge is -2.38. The molecule has 0 saturated carbocycles. The number of nitrogens with zero attached hydrogens (tertiary/aromatic N) is 1. The number of carbonyl (C=O) groups is 2. The molecule has 0 radical (unpaired) electrons. The van der Waals surface area contributed by atoms with Gasteiger partial charge in [0.1, 0.15) is 0 Å². The molecule has 1 unspecified atom stereocenters. The molecule has 4 nitrogen and oxygen atoms in total. The summed E-state index contributed by atoms with van der Waals surface area (Å²) in [5.41, 5.74) is 3.66. The minimum atomic E-state index is -1.19. The number of amides is 2. The Kier molecular flexibility index (Phi) is 4.60. The highest BCUT2D eigenvalue weighted by Gasteiger charge is 2.48. The van der Waals surface area contributed by atoms with Crippen molar-refractivity contribution in [2.75, 3.05) is 16.8 Å². The zero-order valence-electron chi connectivity index (χ0n) is 14.9. The highest BCUT2D eigenvalue weighted by Crippen LogP contribution is 2.45. The van der Waals surface area contributed by atoms with Gasteiger partial charge in [-0.15, -0.1) is 0 Å². The molecule has 0 fully saturated rings. The Bertz CT molecular complexity index is 849. The molecule has 0 saturated heterocycles. The monoisotopic (exact) mass is 354 g/mol. The van der Waals surface area contributed by atoms with Gasteiger partial charge in [0.2, 0.25) is 5.91 Å². The Morgan fingerprint density at radius 3 is 2.64 bits per heavy atom. The molecule has 1 aliphatic rings. The summed E-state index contributed by atoms with van der Waals surface area (Å²) in [5, 5.41) is 2.96. The van der Waals surface area contributed by atoms with Gasteiger partial charge in [-0.2, -0.15) is 0 Å². The fourth-order valence-electron chi connectivity index (χ4n) is 2.97. The summed E-state index contributed by atoms with van der Waals surface area (Å²) in [7, 11) is 0. The molecular weight excluding hydrogens is 332 g/mol. The summed E-state index contributed by atoms with van der Waals surface area (Å²) in [6.45, 7) is 8.09. The molecule has 1 heterocycles. The molecule has 2 aromatic carbocycles. The second kappa shape index (κ2) is 6.56. The van der Waals surface area contributed by atoms with Crippen molar-refractivity contribution in [3.05, 3.63) is 53.6 Å². The molecule has 5 heteroatoms. The predicted octanol–water partition coefficient (Wildman–Crippen LogP) is 4.16. The van der Waals surface area contributed by atoms with Crippen LogP contribution in [0.15, 0.2) is 47.4 Å². The van der Waals surface area contributed by atoms with Gasteiger partial charge in [-0.1, -0.05) is 36.0 Å². The van der Waals surface area contributed by atoms with Gasteiger partial charge in [-0.3, -0.25) is 9.59 Å². The lowest BCUT2D eigenvalue weighted by atomic mass is 10.1. The maximum atomic E-state index is 13.1. The average Bonchev–Trinajstić information content (AvgIpc) is 2.59. The second-order valence-electron chi connectivity index (χ2n) is 6.42. The van der Waals surface area contributed by atoms with Crippen LogP contribution in [0.5, 0.6) is 0 Å². The first-order chi connectivity index (χ1) is 11.9. The van der Waals surface area contributed by atoms with Gasteiger partial charge < -0.3 is 10.2 Å². The minimum Gasteiger partial charge on any atom is -0.324 e. The van der Waals surface area contributed by atoms with Crippen LogP contribution in [0.1, 0.15) is 25.0 Å². The summed E-state index contributed by atoms with van der Waals surface area (Å²) in [5.74, 6) is -0.467. The van der Waals surface area contributed by atoms with Gasteiger partial charge >= 0.3 is 0 Å². The molecule has 2 aromatic rings. The van der Waals surface area contributed by atoms with Crippen LogP contribution < -0.4 is 10.2 Å². The van der Waals surface area contributed by atoms with E-state index in [1.807, 2.05) is 63.2 Å². The molecule has 1 atom stereocenters. The maximum Gasteiger partial charge on any atom is 0.252 e. The third-order valence-electron chi connectivity index (χ3n) is 4.51. The number of hydrogen-bond donors (Lipinski definition) is 1. The first-order valence-electron chi connectivity index (χ1n) is 8.35. The van der Waals surface area contributed by atoms with Gasteiger partial charge in [0.05, 0.1) is 5.69 Å². The lowest BCUT2D eigenvalue weighted by molar-refractivity contribution is -0.128. The Morgan fingerprint density at radius 1 is 1.20 bits per heavy atom. The van der Waals surface area contributed by atoms with E-state index in [-0.39, 0.29) is 11.8 Å². The van der Waals surface area contributed by atoms with E-state index in [9.17, 15) is 9.59 Å². The molecular formula is C20H22N2O2S. The van der Waals surface area contributed by atoms with Crippen LogP contribution in [0.3, 0.4) is 0 Å². The zero-order valence-corrected chi connectivity index (χ0v) is 15.7. The van der Waals surface area contributed by atoms with E-state index in [0.717, 1.165) is 27.4 Å². The van der Waals surface area contributed by atoms with E-state index < -0.39 is 4.75 Å². The molecule has 130 valence electrons. The third kappa shape index (κ3) is 3.04. The third-order valence-corrected chi connectivity index (χ3v) is 5.85. The quantitative estimate of drug-likeness (QED) is 0.842. The summed E-state index contributed by atoms with van der Waals surface area (Å²) < 4.78 is -1.19. The molecule has 0 aliphatic carbocycles. The van der Waals surface area contributed by atoms with Crippen LogP contribution in [-0.2, 0) is 9.59 Å². The van der Waals surface area contributed by atoms with Crippen LogP contribution in [0.4, 0.5) is 11.4 Å². The fraction of sp³-hybridized carbons (Fsp3) is 0.300. The Morgan fingerprint density at radius 2 is 1.92 bits per heavy atom. The number of fused-ring (bicyclic) bond motifs is 1. The normalized spacial score (nSPS) is 19.5. The average molecular weight is 354 g/mol. The van der Waals surface area contributed by atoms with Crippen LogP contribution in [0.25, 0.3) is 0 Å². The summed E-state index contributed by atoms with van der Waals surface area (Å²) >= 11 is 1.32. The first kappa shape index (κ1) is 17.5. The van der Waals surface area contributed by atoms with Crippen LogP contribution in [-0.4, -0.2) is 23.1 Å². The summed E-state index contributed by atoms with van der Waals surface area (Å²) in [6.07, 6.45) is 0. The predicted molar refractivity (Wildman–Crippen MR) is 103 cm³/mol. The number of benzene rings is 2. The van der Waals surface area contributed by atoms with Gasteiger partial charge in [-0.05, 0) is 57.0 Å². The van der Waals surface area contributed by atoms with Crippen LogP contribution >= 0.6 is 11.8 Å². The second-order valence-corrected chi connectivity index (χ2v) is 7.89. The van der Waals surface area contributed by atoms with E-state index in [1.54, 1.807) is 11.8 Å². The number of rotatable bonds is 3. The number of hydrogen-bond acceptors (Lipinski definition) is 3. The number of thioether (sulfide) groups is 1. The van der Waals surface area contributed by atoms with Gasteiger partial charge in [-0.25, -0.2) is 0 Å². The van der Waals surface area contributed by atoms with E-state index >= 15 is 0 Å². The lowest BCUT2D eigenvalue weighted by Crippen LogP contribution is -2.54. The Hall–Kier alpha value is -2.27. The molecule has 2 amide bonds. The smallest absolute Gasteiger partial charge is 0.252 e. The van der Waals surface area contributed by atoms with Crippen molar-refractivity contribution in [1.82, 2.24) is 0 Å². The van der Waals surface area contributed by atoms with Crippen molar-refractivity contribution in [3.8, 4) is 0 Å². The van der Waals surface area contributed by atoms with Gasteiger partial charge in [0.15, 0.2) is 4.75 Å². The van der Waals surface area contributed by atoms with Crippen molar-refractivity contribution in [2.45, 2.75) is 37.3 Å². The Balaban J connectivity index is 1.96. The molecule has 25 heavy (non-hydrogen) atoms.